The van der Waals surface area contributed by atoms with Crippen molar-refractivity contribution in [3.05, 3.63) is 82.7 Å². The van der Waals surface area contributed by atoms with Gasteiger partial charge in [-0.25, -0.2) is 0 Å². The normalized spacial score (nSPS) is 11.7. The Hall–Kier alpha value is -3.75. The fraction of sp³-hybridized carbons (Fsp3) is 0.250. The van der Waals surface area contributed by atoms with Crippen molar-refractivity contribution in [2.75, 3.05) is 0 Å². The molecule has 0 spiro atoms. The molecule has 4 rings (SSSR count). The monoisotopic (exact) mass is 453 g/mol. The first-order valence-corrected chi connectivity index (χ1v) is 10.4. The fourth-order valence-corrected chi connectivity index (χ4v) is 3.50. The fourth-order valence-electron chi connectivity index (χ4n) is 3.50. The number of hydrogen-bond acceptors (Lipinski definition) is 4. The molecule has 4 aromatic rings. The third-order valence-corrected chi connectivity index (χ3v) is 5.50. The van der Waals surface area contributed by atoms with E-state index in [9.17, 15) is 18.0 Å². The molecule has 33 heavy (non-hydrogen) atoms. The number of alkyl halides is 3. The summed E-state index contributed by atoms with van der Waals surface area (Å²) in [6.45, 7) is 3.87. The number of aromatic nitrogens is 4. The third kappa shape index (κ3) is 5.02. The van der Waals surface area contributed by atoms with Gasteiger partial charge in [-0.1, -0.05) is 30.3 Å². The molecule has 2 heterocycles. The van der Waals surface area contributed by atoms with Gasteiger partial charge in [0.25, 0.3) is 0 Å². The number of benzene rings is 2. The molecule has 0 saturated carbocycles. The van der Waals surface area contributed by atoms with Crippen LogP contribution in [0.1, 0.15) is 34.5 Å². The van der Waals surface area contributed by atoms with E-state index in [4.69, 9.17) is 0 Å². The Balaban J connectivity index is 1.44. The molecule has 0 unspecified atom stereocenters. The molecule has 1 N–H and O–H groups in total. The number of aryl methyl sites for hydroxylation is 3. The van der Waals surface area contributed by atoms with Crippen LogP contribution in [-0.4, -0.2) is 25.7 Å². The first-order valence-electron chi connectivity index (χ1n) is 10.4. The molecule has 6 nitrogen and oxygen atoms in total. The number of amides is 1. The van der Waals surface area contributed by atoms with Gasteiger partial charge in [-0.3, -0.25) is 4.79 Å². The lowest BCUT2D eigenvalue weighted by Crippen LogP contribution is -2.25. The van der Waals surface area contributed by atoms with Crippen LogP contribution in [0.5, 0.6) is 0 Å². The minimum absolute atomic E-state index is 0.0194. The van der Waals surface area contributed by atoms with Crippen molar-refractivity contribution in [3.63, 3.8) is 0 Å². The summed E-state index contributed by atoms with van der Waals surface area (Å²) in [5, 5.41) is 15.4. The highest BCUT2D eigenvalue weighted by Crippen LogP contribution is 2.31. The number of nitrogens with one attached hydrogen (secondary N) is 1. The van der Waals surface area contributed by atoms with Crippen molar-refractivity contribution in [2.24, 2.45) is 0 Å². The maximum Gasteiger partial charge on any atom is 0.416 e. The van der Waals surface area contributed by atoms with E-state index in [1.54, 1.807) is 4.52 Å². The molecule has 0 aliphatic heterocycles. The van der Waals surface area contributed by atoms with Crippen molar-refractivity contribution in [1.82, 2.24) is 25.1 Å². The Bertz CT molecular complexity index is 1310. The average molecular weight is 453 g/mol. The van der Waals surface area contributed by atoms with Crippen LogP contribution in [0.15, 0.2) is 54.6 Å². The summed E-state index contributed by atoms with van der Waals surface area (Å²) in [4.78, 5) is 12.3. The lowest BCUT2D eigenvalue weighted by Gasteiger charge is -2.13. The molecule has 1 amide bonds. The summed E-state index contributed by atoms with van der Waals surface area (Å²) in [5.74, 6) is 0.121. The van der Waals surface area contributed by atoms with Gasteiger partial charge >= 0.3 is 6.18 Å². The van der Waals surface area contributed by atoms with E-state index in [1.165, 1.54) is 23.8 Å². The molecule has 0 bridgehead atoms. The second-order valence-corrected chi connectivity index (χ2v) is 7.84. The zero-order valence-electron chi connectivity index (χ0n) is 18.1. The van der Waals surface area contributed by atoms with Crippen LogP contribution in [0.3, 0.4) is 0 Å². The summed E-state index contributed by atoms with van der Waals surface area (Å²) in [7, 11) is 0. The Morgan fingerprint density at radius 2 is 1.79 bits per heavy atom. The predicted octanol–water partition coefficient (Wildman–Crippen LogP) is 4.68. The third-order valence-electron chi connectivity index (χ3n) is 5.50. The molecule has 2 aromatic heterocycles. The van der Waals surface area contributed by atoms with Gasteiger partial charge < -0.3 is 5.32 Å². The quantitative estimate of drug-likeness (QED) is 0.460. The standard InChI is InChI=1S/C24H22F3N5O/c1-15-7-8-17(13-16(15)2)20-9-10-21-29-30-22(32(21)31-20)11-12-23(33)28-14-18-5-3-4-6-19(18)24(25,26)27/h3-10,13H,11-12,14H2,1-2H3,(H,28,33). The van der Waals surface area contributed by atoms with Crippen LogP contribution in [0, 0.1) is 13.8 Å². The van der Waals surface area contributed by atoms with E-state index in [1.807, 2.05) is 38.1 Å². The topological polar surface area (TPSA) is 72.2 Å². The van der Waals surface area contributed by atoms with Crippen LogP contribution in [-0.2, 0) is 23.9 Å². The molecular formula is C24H22F3N5O. The predicted molar refractivity (Wildman–Crippen MR) is 117 cm³/mol. The summed E-state index contributed by atoms with van der Waals surface area (Å²) in [6, 6.07) is 14.9. The largest absolute Gasteiger partial charge is 0.416 e. The minimum Gasteiger partial charge on any atom is -0.352 e. The lowest BCUT2D eigenvalue weighted by atomic mass is 10.0. The zero-order chi connectivity index (χ0) is 23.6. The van der Waals surface area contributed by atoms with Gasteiger partial charge in [0.15, 0.2) is 11.5 Å². The number of carbonyl (C=O) groups is 1. The van der Waals surface area contributed by atoms with Gasteiger partial charge in [-0.15, -0.1) is 10.2 Å². The van der Waals surface area contributed by atoms with Gasteiger partial charge in [-0.2, -0.15) is 22.8 Å². The second-order valence-electron chi connectivity index (χ2n) is 7.84. The van der Waals surface area contributed by atoms with Crippen LogP contribution < -0.4 is 5.32 Å². The smallest absolute Gasteiger partial charge is 0.352 e. The number of carbonyl (C=O) groups excluding carboxylic acids is 1. The van der Waals surface area contributed by atoms with Gasteiger partial charge in [0, 0.05) is 24.9 Å². The van der Waals surface area contributed by atoms with E-state index in [2.05, 4.69) is 26.7 Å². The molecule has 0 radical (unpaired) electrons. The van der Waals surface area contributed by atoms with Crippen LogP contribution in [0.2, 0.25) is 0 Å². The average Bonchev–Trinajstić information content (AvgIpc) is 3.20. The molecule has 0 saturated heterocycles. The van der Waals surface area contributed by atoms with Crippen LogP contribution in [0.25, 0.3) is 16.9 Å². The number of nitrogens with zero attached hydrogens (tertiary/aromatic N) is 4. The molecular weight excluding hydrogens is 431 g/mol. The van der Waals surface area contributed by atoms with Crippen LogP contribution in [0.4, 0.5) is 13.2 Å². The Morgan fingerprint density at radius 1 is 1.00 bits per heavy atom. The summed E-state index contributed by atoms with van der Waals surface area (Å²) in [5.41, 5.74) is 3.87. The van der Waals surface area contributed by atoms with E-state index in [-0.39, 0.29) is 30.9 Å². The summed E-state index contributed by atoms with van der Waals surface area (Å²) >= 11 is 0. The maximum atomic E-state index is 13.1. The van der Waals surface area contributed by atoms with Gasteiger partial charge in [-0.05, 0) is 54.8 Å². The second kappa shape index (κ2) is 9.01. The maximum absolute atomic E-state index is 13.1. The Morgan fingerprint density at radius 3 is 2.55 bits per heavy atom. The highest BCUT2D eigenvalue weighted by molar-refractivity contribution is 5.76. The molecule has 170 valence electrons. The molecule has 0 fully saturated rings. The molecule has 9 heteroatoms. The van der Waals surface area contributed by atoms with Crippen molar-refractivity contribution in [2.45, 2.75) is 39.4 Å². The zero-order valence-corrected chi connectivity index (χ0v) is 18.1. The molecule has 0 aliphatic carbocycles. The lowest BCUT2D eigenvalue weighted by molar-refractivity contribution is -0.138. The first-order chi connectivity index (χ1) is 15.7. The van der Waals surface area contributed by atoms with E-state index in [0.29, 0.717) is 11.5 Å². The first kappa shape index (κ1) is 22.4. The Labute approximate surface area is 188 Å². The van der Waals surface area contributed by atoms with Crippen LogP contribution >= 0.6 is 0 Å². The van der Waals surface area contributed by atoms with Gasteiger partial charge in [0.05, 0.1) is 11.3 Å². The molecule has 2 aromatic carbocycles. The van der Waals surface area contributed by atoms with E-state index >= 15 is 0 Å². The van der Waals surface area contributed by atoms with Crippen molar-refractivity contribution in [3.8, 4) is 11.3 Å². The summed E-state index contributed by atoms with van der Waals surface area (Å²) in [6.07, 6.45) is -4.18. The number of hydrogen-bond donors (Lipinski definition) is 1. The van der Waals surface area contributed by atoms with Crippen molar-refractivity contribution >= 4 is 11.6 Å². The summed E-state index contributed by atoms with van der Waals surface area (Å²) < 4.78 is 40.9. The Kier molecular flexibility index (Phi) is 6.13. The minimum atomic E-state index is -4.47. The number of halogens is 3. The van der Waals surface area contributed by atoms with Crippen molar-refractivity contribution < 1.29 is 18.0 Å². The van der Waals surface area contributed by atoms with Crippen molar-refractivity contribution in [1.29, 1.82) is 0 Å². The van der Waals surface area contributed by atoms with E-state index < -0.39 is 11.7 Å². The number of fused-ring (bicyclic) bond motifs is 1. The highest BCUT2D eigenvalue weighted by atomic mass is 19.4. The van der Waals surface area contributed by atoms with E-state index in [0.717, 1.165) is 22.9 Å². The SMILES string of the molecule is Cc1ccc(-c2ccc3nnc(CCC(=O)NCc4ccccc4C(F)(F)F)n3n2)cc1C. The number of rotatable bonds is 6. The van der Waals surface area contributed by atoms with Gasteiger partial charge in [0.1, 0.15) is 0 Å². The highest BCUT2D eigenvalue weighted by Gasteiger charge is 2.32. The molecule has 0 aliphatic rings. The molecule has 0 atom stereocenters. The van der Waals surface area contributed by atoms with Gasteiger partial charge in [0.2, 0.25) is 5.91 Å².